The van der Waals surface area contributed by atoms with Crippen molar-refractivity contribution in [1.82, 2.24) is 5.32 Å². The predicted molar refractivity (Wildman–Crippen MR) is 78.6 cm³/mol. The summed E-state index contributed by atoms with van der Waals surface area (Å²) < 4.78 is 0. The Morgan fingerprint density at radius 2 is 2.00 bits per heavy atom. The third-order valence-electron chi connectivity index (χ3n) is 5.69. The van der Waals surface area contributed by atoms with Crippen molar-refractivity contribution in [3.05, 3.63) is 29.8 Å². The van der Waals surface area contributed by atoms with Gasteiger partial charge in [-0.2, -0.15) is 0 Å². The highest BCUT2D eigenvalue weighted by atomic mass is 16.3. The third kappa shape index (κ3) is 1.83. The lowest BCUT2D eigenvalue weighted by atomic mass is 9.68. The van der Waals surface area contributed by atoms with E-state index in [1.807, 2.05) is 0 Å². The summed E-state index contributed by atoms with van der Waals surface area (Å²) in [5.41, 5.74) is 0.705. The summed E-state index contributed by atoms with van der Waals surface area (Å²) in [5, 5.41) is 13.0. The van der Waals surface area contributed by atoms with Crippen LogP contribution in [0.1, 0.15) is 50.4 Å². The molecule has 108 valence electrons. The summed E-state index contributed by atoms with van der Waals surface area (Å²) in [7, 11) is 0. The largest absolute Gasteiger partial charge is 0.507 e. The van der Waals surface area contributed by atoms with E-state index in [1.54, 1.807) is 24.3 Å². The van der Waals surface area contributed by atoms with E-state index in [9.17, 15) is 9.90 Å². The first kappa shape index (κ1) is 13.5. The summed E-state index contributed by atoms with van der Waals surface area (Å²) in [6.07, 6.45) is 3.66. The quantitative estimate of drug-likeness (QED) is 0.868. The second-order valence-corrected chi connectivity index (χ2v) is 7.34. The van der Waals surface area contributed by atoms with Gasteiger partial charge in [0, 0.05) is 6.04 Å². The maximum Gasteiger partial charge on any atom is 0.255 e. The number of benzene rings is 1. The summed E-state index contributed by atoms with van der Waals surface area (Å²) in [5.74, 6) is 0.591. The molecule has 20 heavy (non-hydrogen) atoms. The maximum atomic E-state index is 12.5. The Morgan fingerprint density at radius 1 is 1.30 bits per heavy atom. The van der Waals surface area contributed by atoms with Gasteiger partial charge in [-0.3, -0.25) is 4.79 Å². The minimum Gasteiger partial charge on any atom is -0.507 e. The van der Waals surface area contributed by atoms with Gasteiger partial charge >= 0.3 is 0 Å². The Bertz CT molecular complexity index is 547. The molecule has 1 amide bonds. The van der Waals surface area contributed by atoms with Crippen LogP contribution in [0, 0.1) is 16.7 Å². The van der Waals surface area contributed by atoms with E-state index in [-0.39, 0.29) is 28.5 Å². The molecule has 3 rings (SSSR count). The molecular formula is C17H23NO2. The molecule has 2 bridgehead atoms. The van der Waals surface area contributed by atoms with Gasteiger partial charge < -0.3 is 10.4 Å². The average molecular weight is 273 g/mol. The summed E-state index contributed by atoms with van der Waals surface area (Å²) in [6.45, 7) is 6.81. The smallest absolute Gasteiger partial charge is 0.255 e. The normalized spacial score (nSPS) is 34.1. The highest BCUT2D eigenvalue weighted by Crippen LogP contribution is 2.62. The van der Waals surface area contributed by atoms with Crippen LogP contribution in [0.4, 0.5) is 0 Å². The summed E-state index contributed by atoms with van der Waals surface area (Å²) in [6, 6.07) is 6.92. The zero-order chi connectivity index (χ0) is 14.5. The van der Waals surface area contributed by atoms with Gasteiger partial charge in [0.2, 0.25) is 0 Å². The van der Waals surface area contributed by atoms with Gasteiger partial charge in [0.15, 0.2) is 0 Å². The van der Waals surface area contributed by atoms with Crippen LogP contribution in [-0.4, -0.2) is 17.1 Å². The fraction of sp³-hybridized carbons (Fsp3) is 0.588. The number of hydrogen-bond acceptors (Lipinski definition) is 2. The minimum atomic E-state index is -0.157. The van der Waals surface area contributed by atoms with E-state index < -0.39 is 0 Å². The second kappa shape index (κ2) is 4.24. The molecule has 0 saturated heterocycles. The molecule has 1 aromatic rings. The first-order valence-corrected chi connectivity index (χ1v) is 7.43. The summed E-state index contributed by atoms with van der Waals surface area (Å²) in [4.78, 5) is 12.5. The monoisotopic (exact) mass is 273 g/mol. The molecule has 0 radical (unpaired) electrons. The van der Waals surface area contributed by atoms with Crippen molar-refractivity contribution in [2.45, 2.75) is 46.1 Å². The van der Waals surface area contributed by atoms with E-state index in [2.05, 4.69) is 26.1 Å². The molecule has 3 atom stereocenters. The molecule has 2 aliphatic carbocycles. The lowest BCUT2D eigenvalue weighted by Crippen LogP contribution is -2.52. The number of nitrogens with one attached hydrogen (secondary N) is 1. The van der Waals surface area contributed by atoms with Gasteiger partial charge in [-0.05, 0) is 48.1 Å². The Hall–Kier alpha value is -1.51. The number of amides is 1. The predicted octanol–water partition coefficient (Wildman–Crippen LogP) is 3.34. The van der Waals surface area contributed by atoms with E-state index in [1.165, 1.54) is 19.3 Å². The zero-order valence-electron chi connectivity index (χ0n) is 12.4. The molecule has 1 aromatic carbocycles. The van der Waals surface area contributed by atoms with Gasteiger partial charge in [-0.25, -0.2) is 0 Å². The van der Waals surface area contributed by atoms with Crippen molar-refractivity contribution in [1.29, 1.82) is 0 Å². The average Bonchev–Trinajstić information content (AvgIpc) is 2.86. The number of phenols is 1. The molecule has 3 heteroatoms. The molecule has 3 nitrogen and oxygen atoms in total. The van der Waals surface area contributed by atoms with Crippen molar-refractivity contribution >= 4 is 5.91 Å². The van der Waals surface area contributed by atoms with E-state index >= 15 is 0 Å². The van der Waals surface area contributed by atoms with Crippen LogP contribution in [0.25, 0.3) is 0 Å². The second-order valence-electron chi connectivity index (χ2n) is 7.34. The van der Waals surface area contributed by atoms with E-state index in [4.69, 9.17) is 0 Å². The van der Waals surface area contributed by atoms with Gasteiger partial charge in [0.25, 0.3) is 5.91 Å². The highest BCUT2D eigenvalue weighted by molar-refractivity contribution is 5.97. The number of hydrogen-bond donors (Lipinski definition) is 2. The number of phenolic OH excluding ortho intramolecular Hbond substituents is 1. The Balaban J connectivity index is 1.85. The standard InChI is InChI=1S/C17H23NO2/c1-16(2)11-8-9-17(3,10-11)15(16)18-14(20)12-6-4-5-7-13(12)19/h4-7,11,15,19H,8-10H2,1-3H3,(H,18,20). The Labute approximate surface area is 120 Å². The number of rotatable bonds is 2. The van der Waals surface area contributed by atoms with Gasteiger partial charge in [0.05, 0.1) is 5.56 Å². The van der Waals surface area contributed by atoms with Crippen molar-refractivity contribution in [2.75, 3.05) is 0 Å². The van der Waals surface area contributed by atoms with Crippen molar-refractivity contribution in [3.63, 3.8) is 0 Å². The third-order valence-corrected chi connectivity index (χ3v) is 5.69. The number of carbonyl (C=O) groups excluding carboxylic acids is 1. The molecular weight excluding hydrogens is 250 g/mol. The topological polar surface area (TPSA) is 49.3 Å². The van der Waals surface area contributed by atoms with Crippen LogP contribution in [0.2, 0.25) is 0 Å². The van der Waals surface area contributed by atoms with Crippen LogP contribution >= 0.6 is 0 Å². The molecule has 0 spiro atoms. The lowest BCUT2D eigenvalue weighted by molar-refractivity contribution is 0.0735. The number of para-hydroxylation sites is 1. The van der Waals surface area contributed by atoms with Gasteiger partial charge in [0.1, 0.15) is 5.75 Å². The molecule has 3 unspecified atom stereocenters. The van der Waals surface area contributed by atoms with Crippen LogP contribution in [0.15, 0.2) is 24.3 Å². The van der Waals surface area contributed by atoms with Gasteiger partial charge in [-0.15, -0.1) is 0 Å². The molecule has 2 aliphatic rings. The van der Waals surface area contributed by atoms with Crippen LogP contribution in [0.5, 0.6) is 5.75 Å². The molecule has 0 aromatic heterocycles. The fourth-order valence-electron chi connectivity index (χ4n) is 4.54. The summed E-state index contributed by atoms with van der Waals surface area (Å²) >= 11 is 0. The Kier molecular flexibility index (Phi) is 2.86. The van der Waals surface area contributed by atoms with Crippen molar-refractivity contribution in [3.8, 4) is 5.75 Å². The van der Waals surface area contributed by atoms with Crippen LogP contribution < -0.4 is 5.32 Å². The lowest BCUT2D eigenvalue weighted by Gasteiger charge is -2.43. The van der Waals surface area contributed by atoms with Gasteiger partial charge in [-0.1, -0.05) is 32.9 Å². The first-order chi connectivity index (χ1) is 9.34. The zero-order valence-corrected chi connectivity index (χ0v) is 12.4. The van der Waals surface area contributed by atoms with Crippen LogP contribution in [0.3, 0.4) is 0 Å². The SMILES string of the molecule is CC12CCC(C1)C(C)(C)C2NC(=O)c1ccccc1O. The number of fused-ring (bicyclic) bond motifs is 2. The molecule has 2 N–H and O–H groups in total. The minimum absolute atomic E-state index is 0.0520. The first-order valence-electron chi connectivity index (χ1n) is 7.43. The molecule has 2 saturated carbocycles. The molecule has 0 aliphatic heterocycles. The molecule has 0 heterocycles. The number of aromatic hydroxyl groups is 1. The van der Waals surface area contributed by atoms with Crippen LogP contribution in [-0.2, 0) is 0 Å². The molecule has 2 fully saturated rings. The van der Waals surface area contributed by atoms with Crippen molar-refractivity contribution in [2.24, 2.45) is 16.7 Å². The van der Waals surface area contributed by atoms with Crippen molar-refractivity contribution < 1.29 is 9.90 Å². The number of carbonyl (C=O) groups is 1. The highest BCUT2D eigenvalue weighted by Gasteiger charge is 2.59. The van der Waals surface area contributed by atoms with E-state index in [0.717, 1.165) is 0 Å². The Morgan fingerprint density at radius 3 is 2.60 bits per heavy atom. The van der Waals surface area contributed by atoms with E-state index in [0.29, 0.717) is 11.5 Å². The fourth-order valence-corrected chi connectivity index (χ4v) is 4.54. The maximum absolute atomic E-state index is 12.5.